The van der Waals surface area contributed by atoms with E-state index in [2.05, 4.69) is 25.8 Å². The highest BCUT2D eigenvalue weighted by molar-refractivity contribution is 7.99. The summed E-state index contributed by atoms with van der Waals surface area (Å²) in [6, 6.07) is 0. The number of carbonyl (C=O) groups excluding carboxylic acids is 2. The number of fused-ring (bicyclic) bond motifs is 1. The van der Waals surface area contributed by atoms with Gasteiger partial charge in [-0.2, -0.15) is 5.10 Å². The summed E-state index contributed by atoms with van der Waals surface area (Å²) in [5.74, 6) is -5.17. The van der Waals surface area contributed by atoms with E-state index in [4.69, 9.17) is 4.74 Å². The zero-order valence-corrected chi connectivity index (χ0v) is 20.3. The third kappa shape index (κ3) is 5.52. The van der Waals surface area contributed by atoms with Gasteiger partial charge in [0.05, 0.1) is 11.5 Å². The highest BCUT2D eigenvalue weighted by Gasteiger charge is 2.76. The number of thioether (sulfide) groups is 1. The number of rotatable bonds is 12. The van der Waals surface area contributed by atoms with Gasteiger partial charge in [-0.05, 0) is 45.4 Å². The molecule has 2 amide bonds. The van der Waals surface area contributed by atoms with Gasteiger partial charge >= 0.3 is 11.9 Å². The Morgan fingerprint density at radius 3 is 2.62 bits per heavy atom. The van der Waals surface area contributed by atoms with Crippen LogP contribution < -0.4 is 10.6 Å². The number of hydrogen-bond donors (Lipinski definition) is 5. The lowest BCUT2D eigenvalue weighted by atomic mass is 9.89. The molecule has 13 heteroatoms. The van der Waals surface area contributed by atoms with E-state index in [1.807, 2.05) is 6.92 Å². The van der Waals surface area contributed by atoms with Crippen LogP contribution in [0.5, 0.6) is 0 Å². The Balaban J connectivity index is 1.84. The van der Waals surface area contributed by atoms with Crippen molar-refractivity contribution in [2.24, 2.45) is 23.7 Å². The molecule has 1 heterocycles. The number of carboxylic acids is 2. The average molecular weight is 498 g/mol. The molecular formula is C21H31N5O7S. The van der Waals surface area contributed by atoms with Crippen LogP contribution in [-0.2, 0) is 23.9 Å². The first-order chi connectivity index (χ1) is 15.9. The summed E-state index contributed by atoms with van der Waals surface area (Å²) in [5, 5.41) is 31.7. The van der Waals surface area contributed by atoms with Crippen molar-refractivity contribution in [1.82, 2.24) is 25.8 Å². The fourth-order valence-electron chi connectivity index (χ4n) is 4.91. The van der Waals surface area contributed by atoms with Crippen molar-refractivity contribution in [2.45, 2.75) is 68.2 Å². The minimum absolute atomic E-state index is 0.0447. The highest BCUT2D eigenvalue weighted by atomic mass is 32.2. The van der Waals surface area contributed by atoms with Crippen LogP contribution in [0, 0.1) is 23.7 Å². The number of nitrogens with one attached hydrogen (secondary N) is 3. The predicted octanol–water partition coefficient (Wildman–Crippen LogP) is 0.511. The van der Waals surface area contributed by atoms with Gasteiger partial charge in [-0.1, -0.05) is 18.7 Å². The second kappa shape index (κ2) is 9.90. The summed E-state index contributed by atoms with van der Waals surface area (Å²) >= 11 is 1.23. The molecule has 2 aliphatic rings. The smallest absolute Gasteiger partial charge is 0.329 e. The molecule has 2 unspecified atom stereocenters. The summed E-state index contributed by atoms with van der Waals surface area (Å²) in [5.41, 5.74) is -2.44. The topological polar surface area (TPSA) is 184 Å². The Morgan fingerprint density at radius 2 is 2.09 bits per heavy atom. The predicted molar refractivity (Wildman–Crippen MR) is 120 cm³/mol. The maximum Gasteiger partial charge on any atom is 0.329 e. The fraction of sp³-hybridized carbons (Fsp3) is 0.714. The zero-order chi connectivity index (χ0) is 25.3. The number of carbonyl (C=O) groups is 4. The summed E-state index contributed by atoms with van der Waals surface area (Å²) < 4.78 is 5.95. The molecule has 12 nitrogen and oxygen atoms in total. The third-order valence-electron chi connectivity index (χ3n) is 6.22. The molecule has 0 radical (unpaired) electrons. The quantitative estimate of drug-likeness (QED) is 0.255. The van der Waals surface area contributed by atoms with Gasteiger partial charge in [-0.15, -0.1) is 0 Å². The van der Waals surface area contributed by atoms with Gasteiger partial charge in [0, 0.05) is 17.7 Å². The summed E-state index contributed by atoms with van der Waals surface area (Å²) in [6.07, 6.45) is 1.19. The molecule has 0 bridgehead atoms. The van der Waals surface area contributed by atoms with E-state index in [1.165, 1.54) is 18.1 Å². The fourth-order valence-corrected chi connectivity index (χ4v) is 6.25. The largest absolute Gasteiger partial charge is 0.481 e. The van der Waals surface area contributed by atoms with Gasteiger partial charge in [-0.25, -0.2) is 9.78 Å². The van der Waals surface area contributed by atoms with Crippen molar-refractivity contribution in [3.63, 3.8) is 0 Å². The van der Waals surface area contributed by atoms with E-state index >= 15 is 0 Å². The van der Waals surface area contributed by atoms with Crippen molar-refractivity contribution in [2.75, 3.05) is 6.54 Å². The van der Waals surface area contributed by atoms with E-state index in [0.29, 0.717) is 18.1 Å². The Morgan fingerprint density at radius 1 is 1.38 bits per heavy atom. The molecule has 0 aliphatic heterocycles. The van der Waals surface area contributed by atoms with Crippen LogP contribution in [0.1, 0.15) is 40.5 Å². The first-order valence-electron chi connectivity index (χ1n) is 11.0. The number of carboxylic acid groups (broad SMARTS) is 2. The van der Waals surface area contributed by atoms with E-state index in [-0.39, 0.29) is 24.0 Å². The van der Waals surface area contributed by atoms with E-state index in [9.17, 15) is 29.4 Å². The lowest BCUT2D eigenvalue weighted by Crippen LogP contribution is -2.59. The molecule has 188 valence electrons. The summed E-state index contributed by atoms with van der Waals surface area (Å²) in [7, 11) is 0. The molecule has 0 aromatic carbocycles. The lowest BCUT2D eigenvalue weighted by Gasteiger charge is -2.34. The van der Waals surface area contributed by atoms with Gasteiger partial charge in [0.1, 0.15) is 18.0 Å². The van der Waals surface area contributed by atoms with Gasteiger partial charge in [0.15, 0.2) is 5.16 Å². The number of aromatic nitrogens is 3. The van der Waals surface area contributed by atoms with Crippen LogP contribution in [0.15, 0.2) is 11.5 Å². The standard InChI is InChI=1S/C21H31N5O7S/c1-10(7-22-9-27)5-11(33-20(2,3)4)16(28)25-21(18(31)32)6-12(34-19-23-8-24-26-19)13-14(15(13)21)17(29)30/h8-15H,5-7H2,1-4H3,(H,22,27)(H,25,28)(H,29,30)(H,31,32)(H,23,24,26)/t10?,11?,12-,13-,14-,15-,21-/m0/s1. The van der Waals surface area contributed by atoms with E-state index < -0.39 is 52.8 Å². The normalized spacial score (nSPS) is 29.5. The lowest BCUT2D eigenvalue weighted by molar-refractivity contribution is -0.156. The van der Waals surface area contributed by atoms with Crippen LogP contribution in [0.2, 0.25) is 0 Å². The number of ether oxygens (including phenoxy) is 1. The van der Waals surface area contributed by atoms with Gasteiger partial charge in [0.2, 0.25) is 12.3 Å². The molecular weight excluding hydrogens is 466 g/mol. The van der Waals surface area contributed by atoms with Crippen molar-refractivity contribution < 1.29 is 34.1 Å². The Kier molecular flexibility index (Phi) is 7.56. The number of hydrogen-bond acceptors (Lipinski definition) is 8. The van der Waals surface area contributed by atoms with Crippen molar-refractivity contribution in [1.29, 1.82) is 0 Å². The van der Waals surface area contributed by atoms with E-state index in [0.717, 1.165) is 0 Å². The first-order valence-corrected chi connectivity index (χ1v) is 11.9. The number of amides is 2. The molecule has 3 rings (SSSR count). The summed E-state index contributed by atoms with van der Waals surface area (Å²) in [4.78, 5) is 52.5. The average Bonchev–Trinajstić information content (AvgIpc) is 3.13. The molecule has 2 fully saturated rings. The third-order valence-corrected chi connectivity index (χ3v) is 7.42. The van der Waals surface area contributed by atoms with Crippen LogP contribution in [0.3, 0.4) is 0 Å². The molecule has 0 saturated heterocycles. The number of aliphatic carboxylic acids is 2. The molecule has 0 spiro atoms. The molecule has 34 heavy (non-hydrogen) atoms. The van der Waals surface area contributed by atoms with E-state index in [1.54, 1.807) is 20.8 Å². The van der Waals surface area contributed by atoms with Crippen LogP contribution in [0.25, 0.3) is 0 Å². The minimum Gasteiger partial charge on any atom is -0.481 e. The van der Waals surface area contributed by atoms with Crippen molar-refractivity contribution >= 4 is 36.0 Å². The summed E-state index contributed by atoms with van der Waals surface area (Å²) in [6.45, 7) is 7.52. The Bertz CT molecular complexity index is 921. The number of nitrogens with zero attached hydrogens (tertiary/aromatic N) is 2. The Labute approximate surface area is 201 Å². The first kappa shape index (κ1) is 25.9. The Hall–Kier alpha value is -2.67. The van der Waals surface area contributed by atoms with Crippen LogP contribution >= 0.6 is 11.8 Å². The monoisotopic (exact) mass is 497 g/mol. The van der Waals surface area contributed by atoms with Gasteiger partial charge < -0.3 is 25.6 Å². The molecule has 2 saturated carbocycles. The van der Waals surface area contributed by atoms with Crippen molar-refractivity contribution in [3.05, 3.63) is 6.33 Å². The number of H-pyrrole nitrogens is 1. The molecule has 2 aliphatic carbocycles. The molecule has 5 N–H and O–H groups in total. The highest BCUT2D eigenvalue weighted by Crippen LogP contribution is 2.65. The maximum atomic E-state index is 13.4. The second-order valence-electron chi connectivity index (χ2n) is 9.97. The zero-order valence-electron chi connectivity index (χ0n) is 19.5. The van der Waals surface area contributed by atoms with Crippen molar-refractivity contribution in [3.8, 4) is 0 Å². The number of aromatic amines is 1. The maximum absolute atomic E-state index is 13.4. The molecule has 1 aromatic rings. The second-order valence-corrected chi connectivity index (χ2v) is 11.2. The van der Waals surface area contributed by atoms with Gasteiger partial charge in [0.25, 0.3) is 0 Å². The molecule has 1 aromatic heterocycles. The van der Waals surface area contributed by atoms with Gasteiger partial charge in [-0.3, -0.25) is 19.5 Å². The molecule has 7 atom stereocenters. The minimum atomic E-state index is -1.74. The van der Waals surface area contributed by atoms with Crippen LogP contribution in [0.4, 0.5) is 0 Å². The van der Waals surface area contributed by atoms with Crippen LogP contribution in [-0.4, -0.2) is 78.7 Å². The SMILES string of the molecule is CC(CNC=O)CC(OC(C)(C)C)C(=O)N[C@@]1(C(=O)O)C[C@H](Sc2ncn[nH]2)[C@H]2[C@H](C(=O)O)[C@H]21.